The fraction of sp³-hybridized carbons (Fsp3) is 0.714. The number of aliphatic hydroxyl groups is 1. The van der Waals surface area contributed by atoms with Crippen molar-refractivity contribution in [2.24, 2.45) is 5.73 Å². The van der Waals surface area contributed by atoms with E-state index in [1.54, 1.807) is 0 Å². The molecule has 3 N–H and O–H groups in total. The van der Waals surface area contributed by atoms with Gasteiger partial charge < -0.3 is 10.8 Å². The van der Waals surface area contributed by atoms with Crippen LogP contribution in [-0.4, -0.2) is 23.4 Å². The van der Waals surface area contributed by atoms with Crippen molar-refractivity contribution in [2.45, 2.75) is 31.2 Å². The van der Waals surface area contributed by atoms with Crippen LogP contribution in [0.5, 0.6) is 0 Å². The average Bonchev–Trinajstić information content (AvgIpc) is 1.83. The second-order valence-electron chi connectivity index (χ2n) is 2.90. The Morgan fingerprint density at radius 3 is 2.50 bits per heavy atom. The lowest BCUT2D eigenvalue weighted by Gasteiger charge is -2.25. The minimum absolute atomic E-state index is 0.00859. The largest absolute Gasteiger partial charge is 0.414 e. The molecule has 0 heterocycles. The van der Waals surface area contributed by atoms with Gasteiger partial charge in [-0.25, -0.2) is 0 Å². The van der Waals surface area contributed by atoms with E-state index in [1.165, 1.54) is 0 Å². The van der Waals surface area contributed by atoms with Gasteiger partial charge in [0.15, 0.2) is 0 Å². The van der Waals surface area contributed by atoms with Crippen molar-refractivity contribution in [3.63, 3.8) is 0 Å². The summed E-state index contributed by atoms with van der Waals surface area (Å²) in [5.41, 5.74) is 4.50. The highest BCUT2D eigenvalue weighted by atomic mass is 19.4. The van der Waals surface area contributed by atoms with Gasteiger partial charge in [0, 0.05) is 6.04 Å². The lowest BCUT2D eigenvalue weighted by molar-refractivity contribution is -0.107. The first kappa shape index (κ1) is 9.54. The van der Waals surface area contributed by atoms with Crippen molar-refractivity contribution in [1.82, 2.24) is 0 Å². The minimum atomic E-state index is -4.42. The summed E-state index contributed by atoms with van der Waals surface area (Å²) < 4.78 is 36.1. The molecular weight excluding hydrogens is 171 g/mol. The van der Waals surface area contributed by atoms with E-state index in [4.69, 9.17) is 10.8 Å². The first-order chi connectivity index (χ1) is 5.41. The Morgan fingerprint density at radius 1 is 1.50 bits per heavy atom. The summed E-state index contributed by atoms with van der Waals surface area (Å²) in [6.45, 7) is 0. The maximum absolute atomic E-state index is 12.0. The van der Waals surface area contributed by atoms with Gasteiger partial charge in [0.1, 0.15) is 0 Å². The zero-order chi connectivity index (χ0) is 9.35. The van der Waals surface area contributed by atoms with Gasteiger partial charge in [0.05, 0.1) is 11.7 Å². The Labute approximate surface area is 67.9 Å². The van der Waals surface area contributed by atoms with Crippen LogP contribution < -0.4 is 5.73 Å². The summed E-state index contributed by atoms with van der Waals surface area (Å²) in [5, 5.41) is 9.01. The van der Waals surface area contributed by atoms with Gasteiger partial charge in [-0.3, -0.25) is 0 Å². The molecule has 1 aliphatic rings. The molecule has 70 valence electrons. The SMILES string of the molecule is NC1CC=C(C(F)(F)F)C(O)C1. The maximum Gasteiger partial charge on any atom is 0.414 e. The smallest absolute Gasteiger partial charge is 0.388 e. The predicted octanol–water partition coefficient (Wildman–Crippen LogP) is 0.957. The third kappa shape index (κ3) is 1.98. The second-order valence-corrected chi connectivity index (χ2v) is 2.90. The van der Waals surface area contributed by atoms with E-state index in [0.717, 1.165) is 6.08 Å². The van der Waals surface area contributed by atoms with Crippen molar-refractivity contribution in [3.8, 4) is 0 Å². The molecule has 0 aliphatic heterocycles. The van der Waals surface area contributed by atoms with Crippen molar-refractivity contribution < 1.29 is 18.3 Å². The maximum atomic E-state index is 12.0. The summed E-state index contributed by atoms with van der Waals surface area (Å²) in [7, 11) is 0. The van der Waals surface area contributed by atoms with Crippen LogP contribution in [-0.2, 0) is 0 Å². The number of halogens is 3. The molecule has 0 spiro atoms. The summed E-state index contributed by atoms with van der Waals surface area (Å²) in [4.78, 5) is 0. The van der Waals surface area contributed by atoms with Crippen molar-refractivity contribution in [3.05, 3.63) is 11.6 Å². The molecule has 1 aliphatic carbocycles. The zero-order valence-electron chi connectivity index (χ0n) is 6.30. The van der Waals surface area contributed by atoms with E-state index in [9.17, 15) is 13.2 Å². The number of aliphatic hydroxyl groups excluding tert-OH is 1. The molecule has 2 unspecified atom stereocenters. The molecule has 2 atom stereocenters. The van der Waals surface area contributed by atoms with Gasteiger partial charge in [-0.05, 0) is 12.8 Å². The van der Waals surface area contributed by atoms with Crippen molar-refractivity contribution in [1.29, 1.82) is 0 Å². The topological polar surface area (TPSA) is 46.2 Å². The van der Waals surface area contributed by atoms with E-state index in [2.05, 4.69) is 0 Å². The van der Waals surface area contributed by atoms with Crippen molar-refractivity contribution in [2.75, 3.05) is 0 Å². The number of rotatable bonds is 0. The third-order valence-corrected chi connectivity index (χ3v) is 1.85. The molecule has 5 heteroatoms. The molecule has 12 heavy (non-hydrogen) atoms. The fourth-order valence-corrected chi connectivity index (χ4v) is 1.23. The zero-order valence-corrected chi connectivity index (χ0v) is 6.30. The Bertz CT molecular complexity index is 199. The molecule has 0 aromatic rings. The molecule has 1 rings (SSSR count). The fourth-order valence-electron chi connectivity index (χ4n) is 1.23. The molecule has 2 nitrogen and oxygen atoms in total. The van der Waals surface area contributed by atoms with E-state index in [-0.39, 0.29) is 18.9 Å². The van der Waals surface area contributed by atoms with Gasteiger partial charge >= 0.3 is 6.18 Å². The molecule has 0 saturated heterocycles. The molecule has 0 aromatic carbocycles. The normalized spacial score (nSPS) is 31.6. The quantitative estimate of drug-likeness (QED) is 0.547. The summed E-state index contributed by atoms with van der Waals surface area (Å²) in [6.07, 6.45) is -4.72. The molecule has 0 bridgehead atoms. The van der Waals surface area contributed by atoms with Crippen LogP contribution in [0.1, 0.15) is 12.8 Å². The number of alkyl halides is 3. The van der Waals surface area contributed by atoms with Crippen LogP contribution in [0.3, 0.4) is 0 Å². The first-order valence-electron chi connectivity index (χ1n) is 3.62. The van der Waals surface area contributed by atoms with Crippen LogP contribution in [0.2, 0.25) is 0 Å². The van der Waals surface area contributed by atoms with Crippen LogP contribution in [0.4, 0.5) is 13.2 Å². The Morgan fingerprint density at radius 2 is 2.08 bits per heavy atom. The molecule has 0 aromatic heterocycles. The molecule has 0 amide bonds. The second kappa shape index (κ2) is 3.06. The van der Waals surface area contributed by atoms with Gasteiger partial charge in [0.2, 0.25) is 0 Å². The van der Waals surface area contributed by atoms with Gasteiger partial charge in [-0.2, -0.15) is 13.2 Å². The van der Waals surface area contributed by atoms with Crippen LogP contribution in [0.15, 0.2) is 11.6 Å². The third-order valence-electron chi connectivity index (χ3n) is 1.85. The number of nitrogens with two attached hydrogens (primary N) is 1. The van der Waals surface area contributed by atoms with Crippen molar-refractivity contribution >= 4 is 0 Å². The lowest BCUT2D eigenvalue weighted by atomic mass is 9.93. The minimum Gasteiger partial charge on any atom is -0.388 e. The number of hydrogen-bond acceptors (Lipinski definition) is 2. The van der Waals surface area contributed by atoms with Gasteiger partial charge in [-0.15, -0.1) is 0 Å². The molecular formula is C7H10F3NO. The monoisotopic (exact) mass is 181 g/mol. The molecule has 0 radical (unpaired) electrons. The van der Waals surface area contributed by atoms with Crippen LogP contribution in [0.25, 0.3) is 0 Å². The Balaban J connectivity index is 2.78. The molecule has 0 saturated carbocycles. The Hall–Kier alpha value is -0.550. The lowest BCUT2D eigenvalue weighted by Crippen LogP contribution is -2.35. The van der Waals surface area contributed by atoms with Gasteiger partial charge in [-0.1, -0.05) is 6.08 Å². The number of hydrogen-bond donors (Lipinski definition) is 2. The van der Waals surface area contributed by atoms with E-state index >= 15 is 0 Å². The highest BCUT2D eigenvalue weighted by Gasteiger charge is 2.39. The highest BCUT2D eigenvalue weighted by molar-refractivity contribution is 5.18. The van der Waals surface area contributed by atoms with Crippen LogP contribution in [0, 0.1) is 0 Å². The van der Waals surface area contributed by atoms with Gasteiger partial charge in [0.25, 0.3) is 0 Å². The summed E-state index contributed by atoms with van der Waals surface area (Å²) in [5.74, 6) is 0. The first-order valence-corrected chi connectivity index (χ1v) is 3.62. The molecule has 0 fully saturated rings. The van der Waals surface area contributed by atoms with E-state index < -0.39 is 17.9 Å². The average molecular weight is 181 g/mol. The standard InChI is InChI=1S/C7H10F3NO/c8-7(9,10)5-2-1-4(11)3-6(5)12/h2,4,6,12H,1,3,11H2. The highest BCUT2D eigenvalue weighted by Crippen LogP contribution is 2.32. The summed E-state index contributed by atoms with van der Waals surface area (Å²) in [6, 6.07) is -0.355. The van der Waals surface area contributed by atoms with E-state index in [0.29, 0.717) is 0 Å². The van der Waals surface area contributed by atoms with Crippen LogP contribution >= 0.6 is 0 Å². The van der Waals surface area contributed by atoms with E-state index in [1.807, 2.05) is 0 Å². The predicted molar refractivity (Wildman–Crippen MR) is 37.4 cm³/mol. The Kier molecular flexibility index (Phi) is 2.44. The summed E-state index contributed by atoms with van der Waals surface area (Å²) >= 11 is 0.